The van der Waals surface area contributed by atoms with Gasteiger partial charge in [0, 0.05) is 31.9 Å². The molecule has 0 amide bonds. The van der Waals surface area contributed by atoms with E-state index in [1.165, 1.54) is 23.2 Å². The van der Waals surface area contributed by atoms with Gasteiger partial charge in [-0.25, -0.2) is 0 Å². The van der Waals surface area contributed by atoms with Crippen LogP contribution in [0.2, 0.25) is 0 Å². The van der Waals surface area contributed by atoms with Crippen LogP contribution >= 0.6 is 0 Å². The largest absolute Gasteiger partial charge is 0.370 e. The van der Waals surface area contributed by atoms with Gasteiger partial charge in [0.1, 0.15) is 0 Å². The van der Waals surface area contributed by atoms with Gasteiger partial charge in [-0.3, -0.25) is 0 Å². The highest BCUT2D eigenvalue weighted by molar-refractivity contribution is 5.54. The van der Waals surface area contributed by atoms with Crippen molar-refractivity contribution in [1.82, 2.24) is 4.90 Å². The normalized spacial score (nSPS) is 11.0. The fourth-order valence-electron chi connectivity index (χ4n) is 2.14. The van der Waals surface area contributed by atoms with E-state index in [-0.39, 0.29) is 0 Å². The highest BCUT2D eigenvalue weighted by Gasteiger charge is 2.09. The predicted octanol–water partition coefficient (Wildman–Crippen LogP) is 2.23. The fourth-order valence-corrected chi connectivity index (χ4v) is 2.14. The molecule has 0 fully saturated rings. The molecule has 0 spiro atoms. The zero-order valence-electron chi connectivity index (χ0n) is 12.2. The van der Waals surface area contributed by atoms with Crippen LogP contribution in [0, 0.1) is 6.92 Å². The van der Waals surface area contributed by atoms with Crippen molar-refractivity contribution >= 4 is 5.69 Å². The highest BCUT2D eigenvalue weighted by Crippen LogP contribution is 2.21. The van der Waals surface area contributed by atoms with Crippen LogP contribution in [0.3, 0.4) is 0 Å². The average Bonchev–Trinajstić information content (AvgIpc) is 2.34. The first-order valence-electron chi connectivity index (χ1n) is 6.77. The van der Waals surface area contributed by atoms with Crippen molar-refractivity contribution in [1.29, 1.82) is 0 Å². The molecular formula is C15H27N3. The molecule has 2 N–H and O–H groups in total. The molecule has 3 nitrogen and oxygen atoms in total. The Morgan fingerprint density at radius 2 is 1.83 bits per heavy atom. The Hall–Kier alpha value is -1.06. The molecule has 0 saturated heterocycles. The van der Waals surface area contributed by atoms with Crippen LogP contribution < -0.4 is 10.6 Å². The van der Waals surface area contributed by atoms with Gasteiger partial charge in [-0.1, -0.05) is 19.1 Å². The minimum absolute atomic E-state index is 0.618. The van der Waals surface area contributed by atoms with Gasteiger partial charge in [0.25, 0.3) is 0 Å². The summed E-state index contributed by atoms with van der Waals surface area (Å²) in [4.78, 5) is 4.70. The summed E-state index contributed by atoms with van der Waals surface area (Å²) in [5, 5.41) is 0. The van der Waals surface area contributed by atoms with E-state index < -0.39 is 0 Å². The van der Waals surface area contributed by atoms with Gasteiger partial charge in [-0.2, -0.15) is 0 Å². The van der Waals surface area contributed by atoms with Crippen molar-refractivity contribution < 1.29 is 0 Å². The van der Waals surface area contributed by atoms with Crippen LogP contribution in [0.5, 0.6) is 0 Å². The first-order valence-corrected chi connectivity index (χ1v) is 6.77. The van der Waals surface area contributed by atoms with E-state index in [2.05, 4.69) is 55.9 Å². The first kappa shape index (κ1) is 15.0. The summed E-state index contributed by atoms with van der Waals surface area (Å²) in [6, 6.07) is 6.55. The van der Waals surface area contributed by atoms with E-state index in [9.17, 15) is 0 Å². The van der Waals surface area contributed by atoms with Crippen LogP contribution in [0.25, 0.3) is 0 Å². The summed E-state index contributed by atoms with van der Waals surface area (Å²) in [7, 11) is 4.24. The quantitative estimate of drug-likeness (QED) is 0.804. The van der Waals surface area contributed by atoms with E-state index in [1.807, 2.05) is 0 Å². The topological polar surface area (TPSA) is 32.5 Å². The van der Waals surface area contributed by atoms with E-state index in [0.29, 0.717) is 6.54 Å². The standard InChI is InChI=1S/C15H27N3/c1-5-8-18(10-9-17(3)4)15-7-6-14(12-16)11-13(15)2/h6-7,11H,5,8-10,12,16H2,1-4H3. The van der Waals surface area contributed by atoms with Gasteiger partial charge in [-0.15, -0.1) is 0 Å². The van der Waals surface area contributed by atoms with Crippen molar-refractivity contribution in [3.8, 4) is 0 Å². The number of anilines is 1. The molecule has 102 valence electrons. The van der Waals surface area contributed by atoms with Gasteiger partial charge < -0.3 is 15.5 Å². The second-order valence-corrected chi connectivity index (χ2v) is 5.12. The van der Waals surface area contributed by atoms with Crippen molar-refractivity contribution in [3.05, 3.63) is 29.3 Å². The summed E-state index contributed by atoms with van der Waals surface area (Å²) < 4.78 is 0. The third kappa shape index (κ3) is 4.31. The Morgan fingerprint density at radius 3 is 2.33 bits per heavy atom. The predicted molar refractivity (Wildman–Crippen MR) is 80.1 cm³/mol. The number of aryl methyl sites for hydroxylation is 1. The van der Waals surface area contributed by atoms with Gasteiger partial charge in [-0.05, 0) is 44.6 Å². The molecule has 0 bridgehead atoms. The molecule has 0 aromatic heterocycles. The summed E-state index contributed by atoms with van der Waals surface area (Å²) in [6.45, 7) is 8.28. The maximum Gasteiger partial charge on any atom is 0.0396 e. The molecule has 1 aromatic rings. The third-order valence-electron chi connectivity index (χ3n) is 3.15. The smallest absolute Gasteiger partial charge is 0.0396 e. The zero-order valence-corrected chi connectivity index (χ0v) is 12.2. The SMILES string of the molecule is CCCN(CCN(C)C)c1ccc(CN)cc1C. The fraction of sp³-hybridized carbons (Fsp3) is 0.600. The molecule has 3 heteroatoms. The van der Waals surface area contributed by atoms with Gasteiger partial charge in [0.05, 0.1) is 0 Å². The second kappa shape index (κ2) is 7.39. The van der Waals surface area contributed by atoms with Crippen molar-refractivity contribution in [2.24, 2.45) is 5.73 Å². The van der Waals surface area contributed by atoms with E-state index in [1.54, 1.807) is 0 Å². The van der Waals surface area contributed by atoms with Crippen LogP contribution in [0.4, 0.5) is 5.69 Å². The molecule has 18 heavy (non-hydrogen) atoms. The van der Waals surface area contributed by atoms with Gasteiger partial charge in [0.15, 0.2) is 0 Å². The molecule has 0 unspecified atom stereocenters. The molecule has 0 aliphatic rings. The Morgan fingerprint density at radius 1 is 1.11 bits per heavy atom. The van der Waals surface area contributed by atoms with Crippen LogP contribution in [-0.2, 0) is 6.54 Å². The molecule has 0 aliphatic carbocycles. The van der Waals surface area contributed by atoms with Crippen LogP contribution in [0.1, 0.15) is 24.5 Å². The lowest BCUT2D eigenvalue weighted by atomic mass is 10.1. The Labute approximate surface area is 112 Å². The molecular weight excluding hydrogens is 222 g/mol. The number of likely N-dealkylation sites (N-methyl/N-ethyl adjacent to an activating group) is 1. The monoisotopic (exact) mass is 249 g/mol. The summed E-state index contributed by atoms with van der Waals surface area (Å²) in [6.07, 6.45) is 1.17. The molecule has 0 radical (unpaired) electrons. The third-order valence-corrected chi connectivity index (χ3v) is 3.15. The lowest BCUT2D eigenvalue weighted by Gasteiger charge is -2.27. The Bertz CT molecular complexity index is 361. The Balaban J connectivity index is 2.84. The lowest BCUT2D eigenvalue weighted by molar-refractivity contribution is 0.413. The zero-order chi connectivity index (χ0) is 13.5. The number of rotatable bonds is 7. The molecule has 0 aliphatic heterocycles. The molecule has 1 aromatic carbocycles. The van der Waals surface area contributed by atoms with Crippen molar-refractivity contribution in [2.75, 3.05) is 38.6 Å². The van der Waals surface area contributed by atoms with Gasteiger partial charge in [0.2, 0.25) is 0 Å². The summed E-state index contributed by atoms with van der Waals surface area (Å²) in [5.41, 5.74) is 9.56. The van der Waals surface area contributed by atoms with E-state index >= 15 is 0 Å². The number of nitrogens with zero attached hydrogens (tertiary/aromatic N) is 2. The maximum absolute atomic E-state index is 5.68. The molecule has 0 atom stereocenters. The highest BCUT2D eigenvalue weighted by atomic mass is 15.2. The lowest BCUT2D eigenvalue weighted by Crippen LogP contribution is -2.32. The molecule has 1 rings (SSSR count). The van der Waals surface area contributed by atoms with E-state index in [0.717, 1.165) is 19.6 Å². The molecule has 0 saturated carbocycles. The van der Waals surface area contributed by atoms with Crippen molar-refractivity contribution in [3.63, 3.8) is 0 Å². The van der Waals surface area contributed by atoms with E-state index in [4.69, 9.17) is 5.73 Å². The van der Waals surface area contributed by atoms with Gasteiger partial charge >= 0.3 is 0 Å². The first-order chi connectivity index (χ1) is 8.58. The number of benzene rings is 1. The summed E-state index contributed by atoms with van der Waals surface area (Å²) >= 11 is 0. The minimum Gasteiger partial charge on any atom is -0.370 e. The van der Waals surface area contributed by atoms with Crippen molar-refractivity contribution in [2.45, 2.75) is 26.8 Å². The Kier molecular flexibility index (Phi) is 6.16. The minimum atomic E-state index is 0.618. The maximum atomic E-state index is 5.68. The number of nitrogens with two attached hydrogens (primary N) is 1. The number of hydrogen-bond donors (Lipinski definition) is 1. The van der Waals surface area contributed by atoms with Crippen LogP contribution in [-0.4, -0.2) is 38.6 Å². The van der Waals surface area contributed by atoms with Crippen LogP contribution in [0.15, 0.2) is 18.2 Å². The number of hydrogen-bond acceptors (Lipinski definition) is 3. The molecule has 0 heterocycles. The average molecular weight is 249 g/mol. The summed E-state index contributed by atoms with van der Waals surface area (Å²) in [5.74, 6) is 0. The second-order valence-electron chi connectivity index (χ2n) is 5.12.